The van der Waals surface area contributed by atoms with E-state index in [-0.39, 0.29) is 0 Å². The first-order valence-electron chi connectivity index (χ1n) is 8.96. The second-order valence-electron chi connectivity index (χ2n) is 6.79. The molecule has 2 aromatic rings. The highest BCUT2D eigenvalue weighted by molar-refractivity contribution is 5.86. The van der Waals surface area contributed by atoms with Crippen LogP contribution in [-0.2, 0) is 0 Å². The largest absolute Gasteiger partial charge is 0.497 e. The van der Waals surface area contributed by atoms with Crippen LogP contribution in [0.1, 0.15) is 16.7 Å². The van der Waals surface area contributed by atoms with Crippen LogP contribution < -0.4 is 9.47 Å². The number of hydrogen-bond acceptors (Lipinski definition) is 4. The van der Waals surface area contributed by atoms with Crippen molar-refractivity contribution in [3.05, 3.63) is 53.1 Å². The van der Waals surface area contributed by atoms with Gasteiger partial charge in [-0.1, -0.05) is 11.6 Å². The highest BCUT2D eigenvalue weighted by atomic mass is 16.5. The van der Waals surface area contributed by atoms with E-state index in [9.17, 15) is 9.90 Å². The average Bonchev–Trinajstić information content (AvgIpc) is 2.83. The number of ether oxygens (including phenoxy) is 2. The van der Waals surface area contributed by atoms with Gasteiger partial charge in [0.2, 0.25) is 0 Å². The van der Waals surface area contributed by atoms with Crippen molar-refractivity contribution in [3.63, 3.8) is 0 Å². The zero-order valence-electron chi connectivity index (χ0n) is 15.4. The molecule has 2 heterocycles. The number of carboxylic acid groups (broad SMARTS) is 1. The molecule has 0 bridgehead atoms. The van der Waals surface area contributed by atoms with Gasteiger partial charge in [-0.3, -0.25) is 0 Å². The van der Waals surface area contributed by atoms with E-state index in [0.717, 1.165) is 39.6 Å². The summed E-state index contributed by atoms with van der Waals surface area (Å²) in [6.45, 7) is 4.34. The molecular weight excluding hydrogens is 344 g/mol. The number of carbonyl (C=O) groups is 1. The number of piperazine rings is 1. The van der Waals surface area contributed by atoms with Crippen molar-refractivity contribution in [2.45, 2.75) is 6.92 Å². The summed E-state index contributed by atoms with van der Waals surface area (Å²) in [5.74, 6) is 2.28. The molecule has 0 unspecified atom stereocenters. The first-order chi connectivity index (χ1) is 13.0. The van der Waals surface area contributed by atoms with E-state index < -0.39 is 6.09 Å². The van der Waals surface area contributed by atoms with Gasteiger partial charge in [0.05, 0.1) is 7.11 Å². The van der Waals surface area contributed by atoms with Gasteiger partial charge in [0.1, 0.15) is 17.2 Å². The van der Waals surface area contributed by atoms with Gasteiger partial charge in [-0.15, -0.1) is 0 Å². The number of nitrogens with zero attached hydrogens (tertiary/aromatic N) is 2. The molecule has 0 aliphatic carbocycles. The maximum absolute atomic E-state index is 11.2. The van der Waals surface area contributed by atoms with Crippen LogP contribution >= 0.6 is 0 Å². The molecule has 1 saturated heterocycles. The first kappa shape index (κ1) is 17.3. The van der Waals surface area contributed by atoms with E-state index in [0.29, 0.717) is 26.2 Å². The van der Waals surface area contributed by atoms with Gasteiger partial charge in [0.25, 0.3) is 0 Å². The van der Waals surface area contributed by atoms with Gasteiger partial charge in [-0.2, -0.15) is 0 Å². The van der Waals surface area contributed by atoms with Crippen molar-refractivity contribution < 1.29 is 19.4 Å². The van der Waals surface area contributed by atoms with E-state index in [1.165, 1.54) is 4.90 Å². The van der Waals surface area contributed by atoms with Crippen LogP contribution in [0.3, 0.4) is 0 Å². The predicted molar refractivity (Wildman–Crippen MR) is 103 cm³/mol. The summed E-state index contributed by atoms with van der Waals surface area (Å²) >= 11 is 0. The zero-order chi connectivity index (χ0) is 19.0. The lowest BCUT2D eigenvalue weighted by Gasteiger charge is -2.36. The van der Waals surface area contributed by atoms with Crippen LogP contribution in [0.2, 0.25) is 0 Å². The van der Waals surface area contributed by atoms with Gasteiger partial charge >= 0.3 is 6.09 Å². The highest BCUT2D eigenvalue weighted by Gasteiger charge is 2.26. The second-order valence-corrected chi connectivity index (χ2v) is 6.79. The summed E-state index contributed by atoms with van der Waals surface area (Å²) in [7, 11) is 1.64. The topological polar surface area (TPSA) is 62.2 Å². The SMILES string of the molecule is COc1ccc2c(c1)Oc1ccc(C)cc1C(N1CCN(C(=O)O)CC1)=C2. The van der Waals surface area contributed by atoms with Crippen LogP contribution in [0.15, 0.2) is 36.4 Å². The molecule has 0 saturated carbocycles. The van der Waals surface area contributed by atoms with Crippen molar-refractivity contribution in [1.82, 2.24) is 9.80 Å². The molecule has 0 atom stereocenters. The Bertz CT molecular complexity index is 914. The number of rotatable bonds is 2. The molecule has 0 aromatic heterocycles. The highest BCUT2D eigenvalue weighted by Crippen LogP contribution is 2.41. The Kier molecular flexibility index (Phi) is 4.39. The lowest BCUT2D eigenvalue weighted by Crippen LogP contribution is -2.47. The molecule has 0 radical (unpaired) electrons. The second kappa shape index (κ2) is 6.87. The van der Waals surface area contributed by atoms with Gasteiger partial charge in [0, 0.05) is 49.1 Å². The molecule has 0 spiro atoms. The number of amides is 1. The summed E-state index contributed by atoms with van der Waals surface area (Å²) in [5.41, 5.74) is 4.20. The fraction of sp³-hybridized carbons (Fsp3) is 0.286. The Morgan fingerprint density at radius 1 is 1.07 bits per heavy atom. The molecule has 2 aliphatic heterocycles. The minimum absolute atomic E-state index is 0.490. The third kappa shape index (κ3) is 3.30. The summed E-state index contributed by atoms with van der Waals surface area (Å²) in [5, 5.41) is 9.21. The summed E-state index contributed by atoms with van der Waals surface area (Å²) in [6, 6.07) is 11.9. The van der Waals surface area contributed by atoms with E-state index in [2.05, 4.69) is 24.0 Å². The van der Waals surface area contributed by atoms with Crippen LogP contribution in [0, 0.1) is 6.92 Å². The minimum atomic E-state index is -0.860. The Hall–Kier alpha value is -3.15. The van der Waals surface area contributed by atoms with Crippen LogP contribution in [0.4, 0.5) is 4.79 Å². The summed E-state index contributed by atoms with van der Waals surface area (Å²) in [4.78, 5) is 14.9. The fourth-order valence-corrected chi connectivity index (χ4v) is 3.53. The maximum Gasteiger partial charge on any atom is 0.407 e. The Morgan fingerprint density at radius 3 is 2.56 bits per heavy atom. The third-order valence-electron chi connectivity index (χ3n) is 5.03. The monoisotopic (exact) mass is 366 g/mol. The lowest BCUT2D eigenvalue weighted by molar-refractivity contribution is 0.122. The van der Waals surface area contributed by atoms with E-state index in [4.69, 9.17) is 9.47 Å². The molecule has 1 amide bonds. The van der Waals surface area contributed by atoms with Crippen LogP contribution in [0.5, 0.6) is 17.2 Å². The molecule has 1 N–H and O–H groups in total. The Balaban J connectivity index is 1.76. The lowest BCUT2D eigenvalue weighted by atomic mass is 10.0. The molecular formula is C21H22N2O4. The van der Waals surface area contributed by atoms with E-state index >= 15 is 0 Å². The number of aryl methyl sites for hydroxylation is 1. The standard InChI is InChI=1S/C21H22N2O4/c1-14-3-6-19-17(11-14)18(22-7-9-23(10-8-22)21(24)25)12-15-4-5-16(26-2)13-20(15)27-19/h3-6,11-13H,7-10H2,1-2H3,(H,24,25). The average molecular weight is 366 g/mol. The van der Waals surface area contributed by atoms with Gasteiger partial charge < -0.3 is 24.4 Å². The van der Waals surface area contributed by atoms with E-state index in [1.54, 1.807) is 7.11 Å². The number of methoxy groups -OCH3 is 1. The first-order valence-corrected chi connectivity index (χ1v) is 8.96. The van der Waals surface area contributed by atoms with Crippen molar-refractivity contribution in [2.75, 3.05) is 33.3 Å². The minimum Gasteiger partial charge on any atom is -0.497 e. The number of benzene rings is 2. The quantitative estimate of drug-likeness (QED) is 0.873. The maximum atomic E-state index is 11.2. The van der Waals surface area contributed by atoms with Crippen LogP contribution in [0.25, 0.3) is 11.8 Å². The molecule has 2 aromatic carbocycles. The number of fused-ring (bicyclic) bond motifs is 2. The Labute approximate surface area is 158 Å². The van der Waals surface area contributed by atoms with Crippen molar-refractivity contribution >= 4 is 17.9 Å². The van der Waals surface area contributed by atoms with Crippen molar-refractivity contribution in [1.29, 1.82) is 0 Å². The van der Waals surface area contributed by atoms with E-state index in [1.807, 2.05) is 30.3 Å². The third-order valence-corrected chi connectivity index (χ3v) is 5.03. The Morgan fingerprint density at radius 2 is 1.85 bits per heavy atom. The number of hydrogen-bond donors (Lipinski definition) is 1. The normalized spacial score (nSPS) is 15.9. The molecule has 140 valence electrons. The van der Waals surface area contributed by atoms with Crippen LogP contribution in [-0.4, -0.2) is 54.3 Å². The molecule has 4 rings (SSSR count). The summed E-state index contributed by atoms with van der Waals surface area (Å²) < 4.78 is 11.6. The molecule has 6 heteroatoms. The molecule has 27 heavy (non-hydrogen) atoms. The predicted octanol–water partition coefficient (Wildman–Crippen LogP) is 3.90. The molecule has 1 fully saturated rings. The zero-order valence-corrected chi connectivity index (χ0v) is 15.4. The summed E-state index contributed by atoms with van der Waals surface area (Å²) in [6.07, 6.45) is 1.26. The van der Waals surface area contributed by atoms with Gasteiger partial charge in [0.15, 0.2) is 0 Å². The fourth-order valence-electron chi connectivity index (χ4n) is 3.53. The van der Waals surface area contributed by atoms with Crippen molar-refractivity contribution in [2.24, 2.45) is 0 Å². The van der Waals surface area contributed by atoms with Crippen molar-refractivity contribution in [3.8, 4) is 17.2 Å². The van der Waals surface area contributed by atoms with Gasteiger partial charge in [-0.05, 0) is 37.3 Å². The molecule has 2 aliphatic rings. The molecule has 6 nitrogen and oxygen atoms in total. The van der Waals surface area contributed by atoms with Gasteiger partial charge in [-0.25, -0.2) is 4.79 Å². The smallest absolute Gasteiger partial charge is 0.407 e.